The van der Waals surface area contributed by atoms with Gasteiger partial charge >= 0.3 is 0 Å². The molecule has 0 radical (unpaired) electrons. The van der Waals surface area contributed by atoms with Crippen LogP contribution in [0, 0.1) is 0 Å². The standard InChI is InChI=1S/C15H18N2OS/c1-2-3-8-16-14(18)13-9-11-6-4-5-7-12(11)10-17(13)15(16)19/h4-7,13H,2-3,8-10H2,1H3/t13-/m0/s1. The van der Waals surface area contributed by atoms with E-state index >= 15 is 0 Å². The molecule has 1 aromatic carbocycles. The topological polar surface area (TPSA) is 23.6 Å². The Labute approximate surface area is 119 Å². The third kappa shape index (κ3) is 2.04. The van der Waals surface area contributed by atoms with Gasteiger partial charge < -0.3 is 4.90 Å². The van der Waals surface area contributed by atoms with Crippen molar-refractivity contribution in [2.45, 2.75) is 38.8 Å². The zero-order valence-corrected chi connectivity index (χ0v) is 11.9. The van der Waals surface area contributed by atoms with Crippen molar-refractivity contribution in [3.63, 3.8) is 0 Å². The Balaban J connectivity index is 1.86. The lowest BCUT2D eigenvalue weighted by molar-refractivity contribution is -0.128. The Bertz CT molecular complexity index is 486. The number of fused-ring (bicyclic) bond motifs is 2. The van der Waals surface area contributed by atoms with Crippen LogP contribution in [-0.4, -0.2) is 33.4 Å². The van der Waals surface area contributed by atoms with Crippen LogP contribution in [-0.2, 0) is 17.8 Å². The van der Waals surface area contributed by atoms with Crippen LogP contribution in [0.15, 0.2) is 24.3 Å². The molecule has 0 unspecified atom stereocenters. The lowest BCUT2D eigenvalue weighted by atomic mass is 9.95. The number of hydrogen-bond acceptors (Lipinski definition) is 2. The van der Waals surface area contributed by atoms with Crippen LogP contribution in [0.25, 0.3) is 0 Å². The van der Waals surface area contributed by atoms with Gasteiger partial charge in [0, 0.05) is 19.5 Å². The third-order valence-electron chi connectivity index (χ3n) is 4.01. The summed E-state index contributed by atoms with van der Waals surface area (Å²) in [6, 6.07) is 8.28. The van der Waals surface area contributed by atoms with Crippen molar-refractivity contribution in [2.75, 3.05) is 6.54 Å². The number of nitrogens with zero attached hydrogens (tertiary/aromatic N) is 2. The van der Waals surface area contributed by atoms with Crippen molar-refractivity contribution in [3.05, 3.63) is 35.4 Å². The largest absolute Gasteiger partial charge is 0.332 e. The average molecular weight is 274 g/mol. The molecule has 1 fully saturated rings. The summed E-state index contributed by atoms with van der Waals surface area (Å²) in [4.78, 5) is 16.4. The number of amides is 1. The molecule has 0 saturated carbocycles. The molecule has 1 amide bonds. The van der Waals surface area contributed by atoms with Gasteiger partial charge in [0.05, 0.1) is 0 Å². The van der Waals surface area contributed by atoms with Crippen LogP contribution in [0.2, 0.25) is 0 Å². The Morgan fingerprint density at radius 3 is 2.79 bits per heavy atom. The molecule has 3 nitrogen and oxygen atoms in total. The molecule has 2 heterocycles. The fraction of sp³-hybridized carbons (Fsp3) is 0.467. The summed E-state index contributed by atoms with van der Waals surface area (Å²) in [5.74, 6) is 0.188. The number of thiocarbonyl (C=S) groups is 1. The fourth-order valence-corrected chi connectivity index (χ4v) is 3.27. The summed E-state index contributed by atoms with van der Waals surface area (Å²) in [5.41, 5.74) is 2.59. The molecule has 2 aliphatic heterocycles. The van der Waals surface area contributed by atoms with Crippen LogP contribution in [0.4, 0.5) is 0 Å². The van der Waals surface area contributed by atoms with Gasteiger partial charge in [0.15, 0.2) is 5.11 Å². The second kappa shape index (κ2) is 4.93. The van der Waals surface area contributed by atoms with E-state index in [1.165, 1.54) is 11.1 Å². The highest BCUT2D eigenvalue weighted by Gasteiger charge is 2.44. The molecule has 2 aliphatic rings. The summed E-state index contributed by atoms with van der Waals surface area (Å²) < 4.78 is 0. The number of hydrogen-bond donors (Lipinski definition) is 0. The van der Waals surface area contributed by atoms with E-state index in [4.69, 9.17) is 12.2 Å². The van der Waals surface area contributed by atoms with Crippen molar-refractivity contribution >= 4 is 23.2 Å². The molecule has 1 aromatic rings. The van der Waals surface area contributed by atoms with Gasteiger partial charge in [-0.05, 0) is 29.8 Å². The molecule has 1 saturated heterocycles. The van der Waals surface area contributed by atoms with Crippen molar-refractivity contribution in [2.24, 2.45) is 0 Å². The predicted molar refractivity (Wildman–Crippen MR) is 78.7 cm³/mol. The summed E-state index contributed by atoms with van der Waals surface area (Å²) in [6.45, 7) is 3.67. The molecular formula is C15H18N2OS. The van der Waals surface area contributed by atoms with E-state index in [1.807, 2.05) is 6.07 Å². The second-order valence-electron chi connectivity index (χ2n) is 5.24. The van der Waals surface area contributed by atoms with Crippen molar-refractivity contribution in [3.8, 4) is 0 Å². The van der Waals surface area contributed by atoms with Gasteiger partial charge in [-0.1, -0.05) is 37.6 Å². The monoisotopic (exact) mass is 274 g/mol. The summed E-state index contributed by atoms with van der Waals surface area (Å²) >= 11 is 5.49. The molecule has 3 rings (SSSR count). The smallest absolute Gasteiger partial charge is 0.251 e. The highest BCUT2D eigenvalue weighted by molar-refractivity contribution is 7.80. The van der Waals surface area contributed by atoms with Gasteiger partial charge in [0.2, 0.25) is 0 Å². The molecule has 100 valence electrons. The fourth-order valence-electron chi connectivity index (χ4n) is 2.90. The maximum absolute atomic E-state index is 12.5. The van der Waals surface area contributed by atoms with Gasteiger partial charge in [-0.2, -0.15) is 0 Å². The minimum Gasteiger partial charge on any atom is -0.332 e. The van der Waals surface area contributed by atoms with E-state index < -0.39 is 0 Å². The van der Waals surface area contributed by atoms with Crippen molar-refractivity contribution in [1.29, 1.82) is 0 Å². The molecule has 0 aliphatic carbocycles. The molecule has 4 heteroatoms. The first-order valence-electron chi connectivity index (χ1n) is 6.91. The Kier molecular flexibility index (Phi) is 3.27. The maximum atomic E-state index is 12.5. The van der Waals surface area contributed by atoms with E-state index in [0.717, 1.165) is 37.5 Å². The highest BCUT2D eigenvalue weighted by Crippen LogP contribution is 2.30. The van der Waals surface area contributed by atoms with Gasteiger partial charge in [-0.3, -0.25) is 9.69 Å². The Hall–Kier alpha value is -1.42. The van der Waals surface area contributed by atoms with E-state index in [2.05, 4.69) is 30.0 Å². The number of benzene rings is 1. The van der Waals surface area contributed by atoms with Crippen LogP contribution < -0.4 is 0 Å². The lowest BCUT2D eigenvalue weighted by Gasteiger charge is -2.30. The number of rotatable bonds is 3. The first-order valence-corrected chi connectivity index (χ1v) is 7.32. The third-order valence-corrected chi connectivity index (χ3v) is 4.47. The first kappa shape index (κ1) is 12.6. The predicted octanol–water partition coefficient (Wildman–Crippen LogP) is 2.34. The molecule has 0 aromatic heterocycles. The molecule has 19 heavy (non-hydrogen) atoms. The molecule has 0 spiro atoms. The van der Waals surface area contributed by atoms with E-state index in [-0.39, 0.29) is 11.9 Å². The number of carbonyl (C=O) groups excluding carboxylic acids is 1. The van der Waals surface area contributed by atoms with Crippen LogP contribution in [0.1, 0.15) is 30.9 Å². The maximum Gasteiger partial charge on any atom is 0.251 e. The van der Waals surface area contributed by atoms with E-state index in [1.54, 1.807) is 4.90 Å². The normalized spacial score (nSPS) is 21.6. The zero-order chi connectivity index (χ0) is 13.4. The molecule has 0 N–H and O–H groups in total. The Morgan fingerprint density at radius 1 is 1.32 bits per heavy atom. The van der Waals surface area contributed by atoms with Gasteiger partial charge in [0.25, 0.3) is 5.91 Å². The Morgan fingerprint density at radius 2 is 2.05 bits per heavy atom. The summed E-state index contributed by atoms with van der Waals surface area (Å²) in [7, 11) is 0. The van der Waals surface area contributed by atoms with E-state index in [9.17, 15) is 4.79 Å². The van der Waals surface area contributed by atoms with Crippen molar-refractivity contribution in [1.82, 2.24) is 9.80 Å². The molecule has 1 atom stereocenters. The number of unbranched alkanes of at least 4 members (excludes halogenated alkanes) is 1. The zero-order valence-electron chi connectivity index (χ0n) is 11.1. The lowest BCUT2D eigenvalue weighted by Crippen LogP contribution is -2.39. The van der Waals surface area contributed by atoms with Crippen LogP contribution in [0.3, 0.4) is 0 Å². The minimum atomic E-state index is -0.0701. The molecular weight excluding hydrogens is 256 g/mol. The summed E-state index contributed by atoms with van der Waals surface area (Å²) in [6.07, 6.45) is 2.88. The first-order chi connectivity index (χ1) is 9.22. The molecule has 0 bridgehead atoms. The number of carbonyl (C=O) groups is 1. The second-order valence-corrected chi connectivity index (χ2v) is 5.61. The van der Waals surface area contributed by atoms with Gasteiger partial charge in [-0.15, -0.1) is 0 Å². The van der Waals surface area contributed by atoms with E-state index in [0.29, 0.717) is 0 Å². The van der Waals surface area contributed by atoms with Crippen molar-refractivity contribution < 1.29 is 4.79 Å². The van der Waals surface area contributed by atoms with Gasteiger partial charge in [-0.25, -0.2) is 0 Å². The minimum absolute atomic E-state index is 0.0701. The van der Waals surface area contributed by atoms with Crippen LogP contribution >= 0.6 is 12.2 Å². The highest BCUT2D eigenvalue weighted by atomic mass is 32.1. The summed E-state index contributed by atoms with van der Waals surface area (Å²) in [5, 5.41) is 0.720. The van der Waals surface area contributed by atoms with Crippen LogP contribution in [0.5, 0.6) is 0 Å². The van der Waals surface area contributed by atoms with Gasteiger partial charge in [0.1, 0.15) is 6.04 Å². The average Bonchev–Trinajstić information content (AvgIpc) is 2.67. The quantitative estimate of drug-likeness (QED) is 0.791. The SMILES string of the molecule is CCCCN1C(=O)[C@@H]2Cc3ccccc3CN2C1=S.